The largest absolute Gasteiger partial charge is 0.661 e. The van der Waals surface area contributed by atoms with Crippen molar-refractivity contribution in [3.63, 3.8) is 0 Å². The molecule has 1 aromatic heterocycles. The third-order valence-corrected chi connectivity index (χ3v) is 2.61. The maximum atomic E-state index is 5.65. The van der Waals surface area contributed by atoms with Crippen LogP contribution < -0.4 is 10.7 Å². The van der Waals surface area contributed by atoms with Gasteiger partial charge in [0.15, 0.2) is 0 Å². The number of nitrogen functional groups attached to an aromatic ring is 1. The molecule has 2 N–H and O–H groups in total. The van der Waals surface area contributed by atoms with Crippen LogP contribution >= 0.6 is 0 Å². The van der Waals surface area contributed by atoms with Crippen molar-refractivity contribution in [2.45, 2.75) is 20.3 Å². The Balaban J connectivity index is 2.41. The molecule has 78 valence electrons. The fourth-order valence-corrected chi connectivity index (χ4v) is 1.71. The summed E-state index contributed by atoms with van der Waals surface area (Å²) in [7, 11) is 0. The highest BCUT2D eigenvalue weighted by Gasteiger charge is 1.95. The number of benzene rings is 1. The monoisotopic (exact) mass is 199 g/mol. The van der Waals surface area contributed by atoms with Crippen molar-refractivity contribution in [3.05, 3.63) is 41.6 Å². The molecule has 1 heterocycles. The van der Waals surface area contributed by atoms with Gasteiger partial charge in [0.05, 0.1) is 0 Å². The molecular formula is C13H15N2-. The highest BCUT2D eigenvalue weighted by atomic mass is 14.7. The second-order valence-corrected chi connectivity index (χ2v) is 3.75. The van der Waals surface area contributed by atoms with Crippen LogP contribution in [0.2, 0.25) is 0 Å². The summed E-state index contributed by atoms with van der Waals surface area (Å²) >= 11 is 0. The predicted molar refractivity (Wildman–Crippen MR) is 63.7 cm³/mol. The van der Waals surface area contributed by atoms with E-state index in [1.807, 2.05) is 24.3 Å². The molecule has 0 spiro atoms. The molecule has 0 amide bonds. The lowest BCUT2D eigenvalue weighted by atomic mass is 10.1. The minimum atomic E-state index is 0.790. The first-order valence-electron chi connectivity index (χ1n) is 5.20. The molecule has 2 nitrogen and oxygen atoms in total. The van der Waals surface area contributed by atoms with Crippen LogP contribution in [-0.2, 0) is 6.42 Å². The Labute approximate surface area is 90.1 Å². The fourth-order valence-electron chi connectivity index (χ4n) is 1.71. The Bertz CT molecular complexity index is 452. The van der Waals surface area contributed by atoms with Gasteiger partial charge in [-0.15, -0.1) is 5.69 Å². The van der Waals surface area contributed by atoms with Gasteiger partial charge in [-0.2, -0.15) is 5.69 Å². The summed E-state index contributed by atoms with van der Waals surface area (Å²) < 4.78 is 0. The zero-order chi connectivity index (χ0) is 10.8. The van der Waals surface area contributed by atoms with E-state index in [1.54, 1.807) is 0 Å². The Kier molecular flexibility index (Phi) is 2.50. The van der Waals surface area contributed by atoms with Gasteiger partial charge in [-0.25, -0.2) is 0 Å². The minimum Gasteiger partial charge on any atom is -0.661 e. The smallest absolute Gasteiger partial charge is 0.0314 e. The lowest BCUT2D eigenvalue weighted by Gasteiger charge is -2.09. The number of nitrogens with two attached hydrogens (primary N) is 1. The van der Waals surface area contributed by atoms with Crippen molar-refractivity contribution < 1.29 is 0 Å². The Morgan fingerprint density at radius 2 is 1.87 bits per heavy atom. The number of hydrogen-bond acceptors (Lipinski definition) is 1. The van der Waals surface area contributed by atoms with E-state index < -0.39 is 0 Å². The van der Waals surface area contributed by atoms with Crippen LogP contribution in [0.5, 0.6) is 0 Å². The number of hydrogen-bond donors (Lipinski definition) is 1. The average Bonchev–Trinajstić information content (AvgIpc) is 2.61. The molecule has 0 atom stereocenters. The Morgan fingerprint density at radius 1 is 1.20 bits per heavy atom. The van der Waals surface area contributed by atoms with E-state index >= 15 is 0 Å². The van der Waals surface area contributed by atoms with E-state index in [2.05, 4.69) is 24.9 Å². The second kappa shape index (κ2) is 3.81. The first-order chi connectivity index (χ1) is 7.20. The fraction of sp³-hybridized carbons (Fsp3) is 0.231. The van der Waals surface area contributed by atoms with Crippen LogP contribution in [0, 0.1) is 6.92 Å². The van der Waals surface area contributed by atoms with Crippen LogP contribution in [0.1, 0.15) is 18.2 Å². The number of aromatic nitrogens is 1. The predicted octanol–water partition coefficient (Wildman–Crippen LogP) is 2.76. The number of anilines is 1. The highest BCUT2D eigenvalue weighted by molar-refractivity contribution is 5.63. The first-order valence-corrected chi connectivity index (χ1v) is 5.20. The zero-order valence-corrected chi connectivity index (χ0v) is 9.12. The van der Waals surface area contributed by atoms with Gasteiger partial charge in [-0.05, 0) is 24.6 Å². The third kappa shape index (κ3) is 1.89. The quantitative estimate of drug-likeness (QED) is 0.755. The van der Waals surface area contributed by atoms with Gasteiger partial charge in [-0.3, -0.25) is 0 Å². The average molecular weight is 199 g/mol. The van der Waals surface area contributed by atoms with Gasteiger partial charge < -0.3 is 10.7 Å². The van der Waals surface area contributed by atoms with E-state index in [9.17, 15) is 0 Å². The van der Waals surface area contributed by atoms with E-state index in [1.165, 1.54) is 11.3 Å². The van der Waals surface area contributed by atoms with Crippen LogP contribution in [0.25, 0.3) is 11.3 Å². The molecule has 2 aromatic rings. The summed E-state index contributed by atoms with van der Waals surface area (Å²) in [5, 5.41) is 0. The normalized spacial score (nSPS) is 10.5. The Hall–Kier alpha value is -1.70. The second-order valence-electron chi connectivity index (χ2n) is 3.75. The van der Waals surface area contributed by atoms with Crippen molar-refractivity contribution in [1.29, 1.82) is 0 Å². The summed E-state index contributed by atoms with van der Waals surface area (Å²) in [6.45, 7) is 4.23. The summed E-state index contributed by atoms with van der Waals surface area (Å²) in [6, 6.07) is 9.97. The third-order valence-electron chi connectivity index (χ3n) is 2.61. The summed E-state index contributed by atoms with van der Waals surface area (Å²) in [6.07, 6.45) is 0.987. The van der Waals surface area contributed by atoms with Crippen molar-refractivity contribution in [2.75, 3.05) is 5.73 Å². The molecule has 0 aliphatic carbocycles. The van der Waals surface area contributed by atoms with Crippen molar-refractivity contribution in [1.82, 2.24) is 4.98 Å². The van der Waals surface area contributed by atoms with Crippen LogP contribution in [0.15, 0.2) is 30.3 Å². The molecule has 15 heavy (non-hydrogen) atoms. The molecule has 0 bridgehead atoms. The summed E-state index contributed by atoms with van der Waals surface area (Å²) in [5.41, 5.74) is 11.1. The van der Waals surface area contributed by atoms with Crippen molar-refractivity contribution in [3.8, 4) is 11.3 Å². The van der Waals surface area contributed by atoms with E-state index in [0.717, 1.165) is 23.4 Å². The van der Waals surface area contributed by atoms with Crippen LogP contribution in [0.4, 0.5) is 5.69 Å². The van der Waals surface area contributed by atoms with Gasteiger partial charge in [-0.1, -0.05) is 37.1 Å². The molecule has 0 unspecified atom stereocenters. The van der Waals surface area contributed by atoms with E-state index in [0.29, 0.717) is 0 Å². The van der Waals surface area contributed by atoms with Crippen molar-refractivity contribution in [2.24, 2.45) is 0 Å². The lowest BCUT2D eigenvalue weighted by molar-refractivity contribution is 1.03. The first kappa shape index (κ1) is 9.84. The van der Waals surface area contributed by atoms with Gasteiger partial charge in [0.1, 0.15) is 0 Å². The lowest BCUT2D eigenvalue weighted by Crippen LogP contribution is -1.87. The summed E-state index contributed by atoms with van der Waals surface area (Å²) in [5.74, 6) is 0. The SMILES string of the molecule is CCc1[n-]c(-c2ccc(N)cc2)cc1C. The van der Waals surface area contributed by atoms with Gasteiger partial charge in [0.25, 0.3) is 0 Å². The van der Waals surface area contributed by atoms with Gasteiger partial charge in [0, 0.05) is 5.69 Å². The molecule has 0 saturated carbocycles. The maximum Gasteiger partial charge on any atom is 0.0314 e. The number of rotatable bonds is 2. The van der Waals surface area contributed by atoms with Crippen LogP contribution in [-0.4, -0.2) is 0 Å². The molecule has 2 rings (SSSR count). The highest BCUT2D eigenvalue weighted by Crippen LogP contribution is 2.21. The minimum absolute atomic E-state index is 0.790. The molecule has 0 aliphatic heterocycles. The van der Waals surface area contributed by atoms with Crippen LogP contribution in [0.3, 0.4) is 0 Å². The molecule has 2 heteroatoms. The molecule has 0 fully saturated rings. The van der Waals surface area contributed by atoms with E-state index in [4.69, 9.17) is 5.73 Å². The molecule has 0 radical (unpaired) electrons. The van der Waals surface area contributed by atoms with Gasteiger partial charge in [0.2, 0.25) is 0 Å². The zero-order valence-electron chi connectivity index (χ0n) is 9.12. The molecular weight excluding hydrogens is 184 g/mol. The van der Waals surface area contributed by atoms with E-state index in [-0.39, 0.29) is 0 Å². The maximum absolute atomic E-state index is 5.65. The molecule has 1 aromatic carbocycles. The molecule has 0 aliphatic rings. The topological polar surface area (TPSA) is 40.1 Å². The number of aryl methyl sites for hydroxylation is 2. The standard InChI is InChI=1S/C13H15N2/c1-3-12-9(2)8-13(15-12)10-4-6-11(14)7-5-10/h4-8H,3,14H2,1-2H3/q-1. The number of nitrogens with zero attached hydrogens (tertiary/aromatic N) is 1. The van der Waals surface area contributed by atoms with Crippen molar-refractivity contribution >= 4 is 5.69 Å². The van der Waals surface area contributed by atoms with Gasteiger partial charge >= 0.3 is 0 Å². The summed E-state index contributed by atoms with van der Waals surface area (Å²) in [4.78, 5) is 4.59. The Morgan fingerprint density at radius 3 is 2.40 bits per heavy atom. The molecule has 0 saturated heterocycles.